The number of nitrogens with zero attached hydrogens (tertiary/aromatic N) is 2. The highest BCUT2D eigenvalue weighted by Gasteiger charge is 2.11. The molecule has 0 atom stereocenters. The minimum absolute atomic E-state index is 0.227. The van der Waals surface area contributed by atoms with Crippen LogP contribution >= 0.6 is 11.6 Å². The van der Waals surface area contributed by atoms with Crippen LogP contribution in [0.3, 0.4) is 0 Å². The van der Waals surface area contributed by atoms with Gasteiger partial charge in [0.1, 0.15) is 5.82 Å². The van der Waals surface area contributed by atoms with E-state index in [1.807, 2.05) is 17.8 Å². The number of aryl methyl sites for hydroxylation is 1. The summed E-state index contributed by atoms with van der Waals surface area (Å²) in [7, 11) is 1.91. The molecule has 1 aromatic carbocycles. The van der Waals surface area contributed by atoms with E-state index in [4.69, 9.17) is 17.4 Å². The van der Waals surface area contributed by atoms with Crippen molar-refractivity contribution in [1.82, 2.24) is 14.9 Å². The number of benzene rings is 1. The predicted molar refractivity (Wildman–Crippen MR) is 78.5 cm³/mol. The van der Waals surface area contributed by atoms with Crippen molar-refractivity contribution in [2.45, 2.75) is 6.42 Å². The van der Waals surface area contributed by atoms with Gasteiger partial charge in [-0.25, -0.2) is 4.98 Å². The van der Waals surface area contributed by atoms with Crippen molar-refractivity contribution in [3.05, 3.63) is 47.0 Å². The van der Waals surface area contributed by atoms with E-state index in [9.17, 15) is 4.79 Å². The Balaban J connectivity index is 1.98. The molecule has 0 aliphatic rings. The van der Waals surface area contributed by atoms with Crippen LogP contribution in [0.1, 0.15) is 16.2 Å². The number of nitrogens with one attached hydrogen (secondary N) is 2. The standard InChI is InChI=1S/C13H16ClN5O/c1-19-7-6-16-12(19)4-5-17-13(20)10-8-9(14)2-3-11(10)18-15/h2-3,6-8,18H,4-5,15H2,1H3,(H,17,20). The van der Waals surface area contributed by atoms with Gasteiger partial charge in [0.15, 0.2) is 0 Å². The zero-order valence-electron chi connectivity index (χ0n) is 11.1. The molecule has 0 spiro atoms. The second-order valence-electron chi connectivity index (χ2n) is 4.29. The van der Waals surface area contributed by atoms with Crippen LogP contribution in [-0.2, 0) is 13.5 Å². The number of hydrogen-bond donors (Lipinski definition) is 3. The molecule has 0 bridgehead atoms. The zero-order valence-corrected chi connectivity index (χ0v) is 11.8. The highest BCUT2D eigenvalue weighted by Crippen LogP contribution is 2.19. The number of amides is 1. The minimum Gasteiger partial charge on any atom is -0.352 e. The van der Waals surface area contributed by atoms with Gasteiger partial charge >= 0.3 is 0 Å². The molecule has 0 aliphatic heterocycles. The molecule has 0 saturated carbocycles. The number of anilines is 1. The Kier molecular flexibility index (Phi) is 4.60. The van der Waals surface area contributed by atoms with Gasteiger partial charge in [-0.05, 0) is 18.2 Å². The van der Waals surface area contributed by atoms with Gasteiger partial charge < -0.3 is 15.3 Å². The SMILES string of the molecule is Cn1ccnc1CCNC(=O)c1cc(Cl)ccc1NN. The topological polar surface area (TPSA) is 85.0 Å². The fraction of sp³-hybridized carbons (Fsp3) is 0.231. The average molecular weight is 294 g/mol. The van der Waals surface area contributed by atoms with Gasteiger partial charge in [0.2, 0.25) is 0 Å². The first-order chi connectivity index (χ1) is 9.61. The lowest BCUT2D eigenvalue weighted by molar-refractivity contribution is 0.0954. The molecule has 0 fully saturated rings. The first kappa shape index (κ1) is 14.4. The molecule has 0 aliphatic carbocycles. The van der Waals surface area contributed by atoms with E-state index in [2.05, 4.69) is 15.7 Å². The van der Waals surface area contributed by atoms with Gasteiger partial charge in [-0.1, -0.05) is 11.6 Å². The molecular formula is C13H16ClN5O. The number of aromatic nitrogens is 2. The molecule has 7 heteroatoms. The molecular weight excluding hydrogens is 278 g/mol. The second kappa shape index (κ2) is 6.40. The third-order valence-corrected chi connectivity index (χ3v) is 3.17. The number of imidazole rings is 1. The number of nitrogens with two attached hydrogens (primary N) is 1. The van der Waals surface area contributed by atoms with Crippen LogP contribution in [0.5, 0.6) is 0 Å². The van der Waals surface area contributed by atoms with E-state index in [-0.39, 0.29) is 5.91 Å². The number of carbonyl (C=O) groups excluding carboxylic acids is 1. The molecule has 106 valence electrons. The van der Waals surface area contributed by atoms with Crippen molar-refractivity contribution in [2.24, 2.45) is 12.9 Å². The fourth-order valence-electron chi connectivity index (χ4n) is 1.85. The Hall–Kier alpha value is -2.05. The summed E-state index contributed by atoms with van der Waals surface area (Å²) in [4.78, 5) is 16.3. The highest BCUT2D eigenvalue weighted by atomic mass is 35.5. The lowest BCUT2D eigenvalue weighted by atomic mass is 10.1. The van der Waals surface area contributed by atoms with Crippen LogP contribution in [0, 0.1) is 0 Å². The molecule has 4 N–H and O–H groups in total. The number of halogens is 1. The lowest BCUT2D eigenvalue weighted by Crippen LogP contribution is -2.27. The third kappa shape index (κ3) is 3.28. The first-order valence-corrected chi connectivity index (χ1v) is 6.50. The van der Waals surface area contributed by atoms with E-state index in [1.54, 1.807) is 24.4 Å². The Morgan fingerprint density at radius 2 is 2.30 bits per heavy atom. The van der Waals surface area contributed by atoms with Crippen molar-refractivity contribution in [2.75, 3.05) is 12.0 Å². The number of carbonyl (C=O) groups is 1. The molecule has 20 heavy (non-hydrogen) atoms. The van der Waals surface area contributed by atoms with Gasteiger partial charge in [0.05, 0.1) is 11.3 Å². The molecule has 1 amide bonds. The smallest absolute Gasteiger partial charge is 0.253 e. The normalized spacial score (nSPS) is 10.3. The zero-order chi connectivity index (χ0) is 14.5. The molecule has 2 rings (SSSR count). The molecule has 6 nitrogen and oxygen atoms in total. The molecule has 0 radical (unpaired) electrons. The van der Waals surface area contributed by atoms with Gasteiger partial charge in [-0.2, -0.15) is 0 Å². The van der Waals surface area contributed by atoms with Crippen LogP contribution in [0.2, 0.25) is 5.02 Å². The van der Waals surface area contributed by atoms with Gasteiger partial charge in [-0.15, -0.1) is 0 Å². The maximum Gasteiger partial charge on any atom is 0.253 e. The molecule has 2 aromatic rings. The molecule has 0 saturated heterocycles. The number of rotatable bonds is 5. The second-order valence-corrected chi connectivity index (χ2v) is 4.73. The van der Waals surface area contributed by atoms with Crippen LogP contribution < -0.4 is 16.6 Å². The summed E-state index contributed by atoms with van der Waals surface area (Å²) in [6.45, 7) is 0.486. The average Bonchev–Trinajstić information content (AvgIpc) is 2.84. The highest BCUT2D eigenvalue weighted by molar-refractivity contribution is 6.31. The Morgan fingerprint density at radius 3 is 2.95 bits per heavy atom. The van der Waals surface area contributed by atoms with Crippen LogP contribution in [-0.4, -0.2) is 22.0 Å². The summed E-state index contributed by atoms with van der Waals surface area (Å²) in [5.41, 5.74) is 3.43. The maximum absolute atomic E-state index is 12.1. The van der Waals surface area contributed by atoms with E-state index in [0.717, 1.165) is 5.82 Å². The summed E-state index contributed by atoms with van der Waals surface area (Å²) < 4.78 is 1.92. The van der Waals surface area contributed by atoms with E-state index >= 15 is 0 Å². The van der Waals surface area contributed by atoms with E-state index < -0.39 is 0 Å². The summed E-state index contributed by atoms with van der Waals surface area (Å²) in [5.74, 6) is 6.06. The van der Waals surface area contributed by atoms with Crippen LogP contribution in [0.4, 0.5) is 5.69 Å². The quantitative estimate of drug-likeness (QED) is 0.573. The third-order valence-electron chi connectivity index (χ3n) is 2.94. The number of hydrazine groups is 1. The lowest BCUT2D eigenvalue weighted by Gasteiger charge is -2.10. The minimum atomic E-state index is -0.227. The van der Waals surface area contributed by atoms with Crippen LogP contribution in [0.15, 0.2) is 30.6 Å². The van der Waals surface area contributed by atoms with E-state index in [0.29, 0.717) is 29.2 Å². The predicted octanol–water partition coefficient (Wildman–Crippen LogP) is 1.33. The molecule has 0 unspecified atom stereocenters. The van der Waals surface area contributed by atoms with Gasteiger partial charge in [0, 0.05) is 37.4 Å². The summed E-state index contributed by atoms with van der Waals surface area (Å²) >= 11 is 5.89. The molecule has 1 heterocycles. The van der Waals surface area contributed by atoms with Crippen molar-refractivity contribution >= 4 is 23.2 Å². The summed E-state index contributed by atoms with van der Waals surface area (Å²) in [6, 6.07) is 4.91. The van der Waals surface area contributed by atoms with Gasteiger partial charge in [-0.3, -0.25) is 10.6 Å². The molecule has 1 aromatic heterocycles. The van der Waals surface area contributed by atoms with E-state index in [1.165, 1.54) is 0 Å². The van der Waals surface area contributed by atoms with Crippen molar-refractivity contribution in [3.63, 3.8) is 0 Å². The first-order valence-electron chi connectivity index (χ1n) is 6.12. The van der Waals surface area contributed by atoms with Crippen molar-refractivity contribution in [3.8, 4) is 0 Å². The van der Waals surface area contributed by atoms with Crippen molar-refractivity contribution < 1.29 is 4.79 Å². The Bertz CT molecular complexity index is 611. The van der Waals surface area contributed by atoms with Crippen molar-refractivity contribution in [1.29, 1.82) is 0 Å². The maximum atomic E-state index is 12.1. The Labute approximate surface area is 121 Å². The van der Waals surface area contributed by atoms with Crippen LogP contribution in [0.25, 0.3) is 0 Å². The summed E-state index contributed by atoms with van der Waals surface area (Å²) in [5, 5.41) is 3.30. The van der Waals surface area contributed by atoms with Gasteiger partial charge in [0.25, 0.3) is 5.91 Å². The Morgan fingerprint density at radius 1 is 1.50 bits per heavy atom. The number of nitrogen functional groups attached to an aromatic ring is 1. The fourth-order valence-corrected chi connectivity index (χ4v) is 2.02. The monoisotopic (exact) mass is 293 g/mol. The largest absolute Gasteiger partial charge is 0.352 e. The summed E-state index contributed by atoms with van der Waals surface area (Å²) in [6.07, 6.45) is 4.25. The number of hydrogen-bond acceptors (Lipinski definition) is 4.